The molecule has 0 radical (unpaired) electrons. The third kappa shape index (κ3) is 2.03. The molecule has 0 aromatic rings. The second-order valence-corrected chi connectivity index (χ2v) is 6.29. The van der Waals surface area contributed by atoms with Gasteiger partial charge < -0.3 is 5.11 Å². The Morgan fingerprint density at radius 3 is 1.36 bits per heavy atom. The Morgan fingerprint density at radius 2 is 1.29 bits per heavy atom. The van der Waals surface area contributed by atoms with Crippen molar-refractivity contribution in [3.63, 3.8) is 0 Å². The minimum absolute atomic E-state index is 0.0856. The summed E-state index contributed by atoms with van der Waals surface area (Å²) >= 11 is 0. The zero-order valence-corrected chi connectivity index (χ0v) is 10.8. The molecule has 84 valence electrons. The lowest BCUT2D eigenvalue weighted by Crippen LogP contribution is -2.57. The van der Waals surface area contributed by atoms with Crippen molar-refractivity contribution in [1.82, 2.24) is 0 Å². The quantitative estimate of drug-likeness (QED) is 0.672. The van der Waals surface area contributed by atoms with Gasteiger partial charge in [0.1, 0.15) is 0 Å². The summed E-state index contributed by atoms with van der Waals surface area (Å²) in [5, 5.41) is 10.9. The second-order valence-electron chi connectivity index (χ2n) is 6.29. The second kappa shape index (κ2) is 3.69. The SMILES string of the molecule is C=CC(C)C(O)(C(C)(C)C)C(C)(C)C. The molecule has 1 N–H and O–H groups in total. The Hall–Kier alpha value is -0.300. The summed E-state index contributed by atoms with van der Waals surface area (Å²) in [6.07, 6.45) is 1.84. The predicted octanol–water partition coefficient (Wildman–Crippen LogP) is 3.63. The molecule has 0 aromatic heterocycles. The van der Waals surface area contributed by atoms with Crippen molar-refractivity contribution in [3.05, 3.63) is 12.7 Å². The molecule has 0 spiro atoms. The van der Waals surface area contributed by atoms with E-state index in [1.807, 2.05) is 13.0 Å². The highest BCUT2D eigenvalue weighted by atomic mass is 16.3. The lowest BCUT2D eigenvalue weighted by Gasteiger charge is -2.52. The standard InChI is InChI=1S/C13H26O/c1-9-10(2)13(14,11(3,4)5)12(6,7)8/h9-10,14H,1H2,2-8H3. The van der Waals surface area contributed by atoms with Gasteiger partial charge in [0.15, 0.2) is 0 Å². The van der Waals surface area contributed by atoms with E-state index in [9.17, 15) is 5.11 Å². The van der Waals surface area contributed by atoms with Gasteiger partial charge in [0.2, 0.25) is 0 Å². The van der Waals surface area contributed by atoms with Crippen LogP contribution in [0.3, 0.4) is 0 Å². The minimum atomic E-state index is -0.734. The van der Waals surface area contributed by atoms with E-state index < -0.39 is 5.60 Å². The Bertz CT molecular complexity index is 188. The lowest BCUT2D eigenvalue weighted by molar-refractivity contribution is -0.160. The first kappa shape index (κ1) is 13.7. The van der Waals surface area contributed by atoms with Crippen molar-refractivity contribution in [1.29, 1.82) is 0 Å². The van der Waals surface area contributed by atoms with Crippen LogP contribution in [-0.4, -0.2) is 10.7 Å². The molecule has 0 rings (SSSR count). The fraction of sp³-hybridized carbons (Fsp3) is 0.846. The molecule has 0 saturated heterocycles. The maximum Gasteiger partial charge on any atom is 0.0803 e. The summed E-state index contributed by atoms with van der Waals surface area (Å²) < 4.78 is 0. The molecular formula is C13H26O. The predicted molar refractivity (Wildman–Crippen MR) is 63.2 cm³/mol. The van der Waals surface area contributed by atoms with Crippen LogP contribution in [-0.2, 0) is 0 Å². The Kier molecular flexibility index (Phi) is 3.61. The van der Waals surface area contributed by atoms with Crippen molar-refractivity contribution >= 4 is 0 Å². The van der Waals surface area contributed by atoms with Crippen LogP contribution in [0.25, 0.3) is 0 Å². The van der Waals surface area contributed by atoms with E-state index in [1.54, 1.807) is 0 Å². The van der Waals surface area contributed by atoms with Crippen LogP contribution < -0.4 is 0 Å². The van der Waals surface area contributed by atoms with Gasteiger partial charge in [-0.1, -0.05) is 54.5 Å². The normalized spacial score (nSPS) is 16.6. The van der Waals surface area contributed by atoms with Crippen LogP contribution in [0.5, 0.6) is 0 Å². The number of aliphatic hydroxyl groups is 1. The monoisotopic (exact) mass is 198 g/mol. The highest BCUT2D eigenvalue weighted by Gasteiger charge is 2.51. The fourth-order valence-corrected chi connectivity index (χ4v) is 2.66. The van der Waals surface area contributed by atoms with Crippen LogP contribution in [0.4, 0.5) is 0 Å². The van der Waals surface area contributed by atoms with Gasteiger partial charge in [0.25, 0.3) is 0 Å². The van der Waals surface area contributed by atoms with Crippen LogP contribution in [0.15, 0.2) is 12.7 Å². The first-order chi connectivity index (χ1) is 5.98. The van der Waals surface area contributed by atoms with Crippen LogP contribution in [0.1, 0.15) is 48.5 Å². The van der Waals surface area contributed by atoms with E-state index in [0.717, 1.165) is 0 Å². The van der Waals surface area contributed by atoms with E-state index in [1.165, 1.54) is 0 Å². The van der Waals surface area contributed by atoms with Gasteiger partial charge in [-0.3, -0.25) is 0 Å². The van der Waals surface area contributed by atoms with Crippen molar-refractivity contribution < 1.29 is 5.11 Å². The van der Waals surface area contributed by atoms with E-state index in [2.05, 4.69) is 48.1 Å². The van der Waals surface area contributed by atoms with Gasteiger partial charge in [-0.05, 0) is 10.8 Å². The maximum absolute atomic E-state index is 10.9. The first-order valence-corrected chi connectivity index (χ1v) is 5.33. The van der Waals surface area contributed by atoms with Crippen molar-refractivity contribution in [3.8, 4) is 0 Å². The molecule has 0 bridgehead atoms. The van der Waals surface area contributed by atoms with Gasteiger partial charge >= 0.3 is 0 Å². The van der Waals surface area contributed by atoms with Crippen LogP contribution in [0.2, 0.25) is 0 Å². The zero-order chi connectivity index (χ0) is 11.8. The molecule has 1 heteroatoms. The van der Waals surface area contributed by atoms with Crippen LogP contribution in [0, 0.1) is 16.7 Å². The van der Waals surface area contributed by atoms with E-state index in [0.29, 0.717) is 0 Å². The minimum Gasteiger partial charge on any atom is -0.388 e. The molecule has 1 unspecified atom stereocenters. The van der Waals surface area contributed by atoms with Crippen molar-refractivity contribution in [2.75, 3.05) is 0 Å². The molecule has 0 aliphatic rings. The van der Waals surface area contributed by atoms with Crippen molar-refractivity contribution in [2.24, 2.45) is 16.7 Å². The molecule has 0 fully saturated rings. The van der Waals surface area contributed by atoms with Gasteiger partial charge in [-0.15, -0.1) is 6.58 Å². The molecule has 0 aliphatic carbocycles. The third-order valence-electron chi connectivity index (χ3n) is 3.30. The summed E-state index contributed by atoms with van der Waals surface area (Å²) in [6, 6.07) is 0. The molecule has 0 aromatic carbocycles. The summed E-state index contributed by atoms with van der Waals surface area (Å²) in [5.74, 6) is 0.0856. The molecule has 0 saturated carbocycles. The highest BCUT2D eigenvalue weighted by Crippen LogP contribution is 2.48. The topological polar surface area (TPSA) is 20.2 Å². The fourth-order valence-electron chi connectivity index (χ4n) is 2.66. The van der Waals surface area contributed by atoms with E-state index in [4.69, 9.17) is 0 Å². The number of hydrogen-bond acceptors (Lipinski definition) is 1. The molecule has 0 amide bonds. The smallest absolute Gasteiger partial charge is 0.0803 e. The molecular weight excluding hydrogens is 172 g/mol. The molecule has 0 heterocycles. The Morgan fingerprint density at radius 1 is 1.00 bits per heavy atom. The average molecular weight is 198 g/mol. The Balaban J connectivity index is 5.39. The number of rotatable bonds is 2. The van der Waals surface area contributed by atoms with Gasteiger partial charge in [-0.2, -0.15) is 0 Å². The first-order valence-electron chi connectivity index (χ1n) is 5.33. The van der Waals surface area contributed by atoms with Crippen molar-refractivity contribution in [2.45, 2.75) is 54.1 Å². The summed E-state index contributed by atoms with van der Waals surface area (Å²) in [6.45, 7) is 18.3. The Labute approximate surface area is 89.2 Å². The van der Waals surface area contributed by atoms with E-state index in [-0.39, 0.29) is 16.7 Å². The maximum atomic E-state index is 10.9. The number of hydrogen-bond donors (Lipinski definition) is 1. The third-order valence-corrected chi connectivity index (χ3v) is 3.30. The zero-order valence-electron chi connectivity index (χ0n) is 10.8. The molecule has 1 nitrogen and oxygen atoms in total. The average Bonchev–Trinajstić information content (AvgIpc) is 1.97. The van der Waals surface area contributed by atoms with Gasteiger partial charge in [0.05, 0.1) is 5.60 Å². The highest BCUT2D eigenvalue weighted by molar-refractivity contribution is 5.06. The van der Waals surface area contributed by atoms with E-state index >= 15 is 0 Å². The summed E-state index contributed by atoms with van der Waals surface area (Å²) in [5.41, 5.74) is -1.04. The summed E-state index contributed by atoms with van der Waals surface area (Å²) in [4.78, 5) is 0. The lowest BCUT2D eigenvalue weighted by atomic mass is 9.57. The summed E-state index contributed by atoms with van der Waals surface area (Å²) in [7, 11) is 0. The molecule has 14 heavy (non-hydrogen) atoms. The van der Waals surface area contributed by atoms with Crippen LogP contribution >= 0.6 is 0 Å². The largest absolute Gasteiger partial charge is 0.388 e. The molecule has 0 aliphatic heterocycles. The van der Waals surface area contributed by atoms with Gasteiger partial charge in [-0.25, -0.2) is 0 Å². The van der Waals surface area contributed by atoms with Gasteiger partial charge in [0, 0.05) is 5.92 Å². The molecule has 1 atom stereocenters.